The molecule has 1 saturated heterocycles. The molecule has 29 heavy (non-hydrogen) atoms. The van der Waals surface area contributed by atoms with Crippen LogP contribution >= 0.6 is 23.2 Å². The van der Waals surface area contributed by atoms with Crippen LogP contribution in [-0.4, -0.2) is 36.7 Å². The van der Waals surface area contributed by atoms with Crippen molar-refractivity contribution in [2.45, 2.75) is 31.5 Å². The van der Waals surface area contributed by atoms with Gasteiger partial charge in [-0.3, -0.25) is 4.90 Å². The molecule has 158 valence electrons. The molecule has 0 saturated carbocycles. The second-order valence-electron chi connectivity index (χ2n) is 7.33. The van der Waals surface area contributed by atoms with E-state index in [1.807, 2.05) is 12.1 Å². The Balaban J connectivity index is 1.49. The minimum atomic E-state index is -4.48. The van der Waals surface area contributed by atoms with Gasteiger partial charge in [0.2, 0.25) is 0 Å². The molecular formula is C21H22Cl2F3NO2. The van der Waals surface area contributed by atoms with Crippen LogP contribution in [0.2, 0.25) is 10.0 Å². The van der Waals surface area contributed by atoms with Gasteiger partial charge in [0.05, 0.1) is 5.56 Å². The normalized spacial score (nSPS) is 17.2. The lowest BCUT2D eigenvalue weighted by atomic mass is 9.93. The third kappa shape index (κ3) is 6.17. The zero-order chi connectivity index (χ0) is 21.1. The first-order chi connectivity index (χ1) is 13.6. The lowest BCUT2D eigenvalue weighted by molar-refractivity contribution is -0.139. The molecule has 0 atom stereocenters. The van der Waals surface area contributed by atoms with Crippen molar-refractivity contribution in [3.63, 3.8) is 0 Å². The topological polar surface area (TPSA) is 21.7 Å². The van der Waals surface area contributed by atoms with Crippen LogP contribution in [0.5, 0.6) is 11.5 Å². The van der Waals surface area contributed by atoms with E-state index in [0.29, 0.717) is 11.6 Å². The van der Waals surface area contributed by atoms with Crippen LogP contribution in [0.3, 0.4) is 0 Å². The number of nitrogens with zero attached hydrogens (tertiary/aromatic N) is 1. The molecule has 0 aromatic heterocycles. The van der Waals surface area contributed by atoms with Crippen LogP contribution in [0, 0.1) is 0 Å². The van der Waals surface area contributed by atoms with Crippen LogP contribution in [-0.2, 0) is 6.18 Å². The molecule has 2 aromatic rings. The van der Waals surface area contributed by atoms with E-state index in [9.17, 15) is 13.2 Å². The average molecular weight is 448 g/mol. The Morgan fingerprint density at radius 2 is 1.62 bits per heavy atom. The number of alkyl halides is 3. The molecule has 0 radical (unpaired) electrons. The van der Waals surface area contributed by atoms with E-state index in [-0.39, 0.29) is 23.0 Å². The summed E-state index contributed by atoms with van der Waals surface area (Å²) in [6.07, 6.45) is -2.87. The van der Waals surface area contributed by atoms with E-state index in [1.165, 1.54) is 12.1 Å². The van der Waals surface area contributed by atoms with E-state index < -0.39 is 11.7 Å². The summed E-state index contributed by atoms with van der Waals surface area (Å²) < 4.78 is 50.8. The Bertz CT molecular complexity index is 820. The lowest BCUT2D eigenvalue weighted by Crippen LogP contribution is -2.47. The summed E-state index contributed by atoms with van der Waals surface area (Å²) in [6, 6.07) is 10.6. The highest BCUT2D eigenvalue weighted by atomic mass is 35.5. The fraction of sp³-hybridized carbons (Fsp3) is 0.429. The largest absolute Gasteiger partial charge is 0.492 e. The predicted molar refractivity (Wildman–Crippen MR) is 108 cm³/mol. The number of likely N-dealkylation sites (tertiary alicyclic amines) is 1. The molecule has 0 unspecified atom stereocenters. The first-order valence-electron chi connectivity index (χ1n) is 9.31. The molecule has 3 rings (SSSR count). The highest BCUT2D eigenvalue weighted by Crippen LogP contribution is 2.37. The second kappa shape index (κ2) is 9.02. The minimum absolute atomic E-state index is 0.151. The molecule has 1 aliphatic heterocycles. The molecule has 8 heteroatoms. The molecule has 1 fully saturated rings. The van der Waals surface area contributed by atoms with Crippen LogP contribution in [0.4, 0.5) is 13.2 Å². The fourth-order valence-corrected chi connectivity index (χ4v) is 3.56. The standard InChI is InChI=1S/C21H22Cl2F3NO2/c1-20(29-17-5-2-15(22)3-6-17)8-10-27(11-9-20)12-13-28-19-14-16(23)4-7-18(19)21(24,25)26/h2-7,14H,8-13H2,1H3. The Hall–Kier alpha value is -1.63. The van der Waals surface area contributed by atoms with Crippen LogP contribution in [0.25, 0.3) is 0 Å². The smallest absolute Gasteiger partial charge is 0.419 e. The van der Waals surface area contributed by atoms with E-state index in [1.54, 1.807) is 12.1 Å². The second-order valence-corrected chi connectivity index (χ2v) is 8.21. The summed E-state index contributed by atoms with van der Waals surface area (Å²) in [7, 11) is 0. The summed E-state index contributed by atoms with van der Waals surface area (Å²) in [5.41, 5.74) is -1.11. The number of benzene rings is 2. The van der Waals surface area contributed by atoms with Crippen molar-refractivity contribution in [3.8, 4) is 11.5 Å². The Kier molecular flexibility index (Phi) is 6.87. The molecule has 2 aromatic carbocycles. The summed E-state index contributed by atoms with van der Waals surface area (Å²) >= 11 is 11.7. The van der Waals surface area contributed by atoms with Crippen LogP contribution < -0.4 is 9.47 Å². The van der Waals surface area contributed by atoms with E-state index in [2.05, 4.69) is 11.8 Å². The maximum absolute atomic E-state index is 13.1. The van der Waals surface area contributed by atoms with Gasteiger partial charge in [-0.15, -0.1) is 0 Å². The van der Waals surface area contributed by atoms with Crippen molar-refractivity contribution in [1.29, 1.82) is 0 Å². The van der Waals surface area contributed by atoms with E-state index >= 15 is 0 Å². The van der Waals surface area contributed by atoms with Crippen molar-refractivity contribution in [2.24, 2.45) is 0 Å². The van der Waals surface area contributed by atoms with Gasteiger partial charge in [0.15, 0.2) is 0 Å². The van der Waals surface area contributed by atoms with Crippen LogP contribution in [0.1, 0.15) is 25.3 Å². The molecule has 0 spiro atoms. The Morgan fingerprint density at radius 3 is 2.24 bits per heavy atom. The zero-order valence-corrected chi connectivity index (χ0v) is 17.4. The van der Waals surface area contributed by atoms with Gasteiger partial charge in [-0.25, -0.2) is 0 Å². The van der Waals surface area contributed by atoms with E-state index in [4.69, 9.17) is 32.7 Å². The van der Waals surface area contributed by atoms with Gasteiger partial charge in [-0.2, -0.15) is 13.2 Å². The SMILES string of the molecule is CC1(Oc2ccc(Cl)cc2)CCN(CCOc2cc(Cl)ccc2C(F)(F)F)CC1. The first kappa shape index (κ1) is 22.1. The molecular weight excluding hydrogens is 426 g/mol. The summed E-state index contributed by atoms with van der Waals surface area (Å²) in [5, 5.41) is 0.867. The number of hydrogen-bond donors (Lipinski definition) is 0. The molecule has 0 amide bonds. The van der Waals surface area contributed by atoms with Gasteiger partial charge >= 0.3 is 6.18 Å². The highest BCUT2D eigenvalue weighted by Gasteiger charge is 2.35. The maximum atomic E-state index is 13.1. The van der Waals surface area contributed by atoms with E-state index in [0.717, 1.165) is 37.7 Å². The number of halogens is 5. The third-order valence-corrected chi connectivity index (χ3v) is 5.49. The lowest BCUT2D eigenvalue weighted by Gasteiger charge is -2.39. The third-order valence-electron chi connectivity index (χ3n) is 5.01. The average Bonchev–Trinajstić information content (AvgIpc) is 2.64. The number of ether oxygens (including phenoxy) is 2. The number of piperidine rings is 1. The fourth-order valence-electron chi connectivity index (χ4n) is 3.27. The van der Waals surface area contributed by atoms with Crippen molar-refractivity contribution in [2.75, 3.05) is 26.2 Å². The van der Waals surface area contributed by atoms with Crippen LogP contribution in [0.15, 0.2) is 42.5 Å². The van der Waals surface area contributed by atoms with Crippen molar-refractivity contribution in [3.05, 3.63) is 58.1 Å². The maximum Gasteiger partial charge on any atom is 0.419 e. The summed E-state index contributed by atoms with van der Waals surface area (Å²) in [6.45, 7) is 4.29. The van der Waals surface area contributed by atoms with Gasteiger partial charge < -0.3 is 9.47 Å². The Labute approximate surface area is 178 Å². The van der Waals surface area contributed by atoms with Gasteiger partial charge in [0.25, 0.3) is 0 Å². The van der Waals surface area contributed by atoms with Crippen molar-refractivity contribution in [1.82, 2.24) is 4.90 Å². The Morgan fingerprint density at radius 1 is 1.00 bits per heavy atom. The van der Waals surface area contributed by atoms with Gasteiger partial charge in [-0.1, -0.05) is 23.2 Å². The first-order valence-corrected chi connectivity index (χ1v) is 10.1. The molecule has 1 heterocycles. The molecule has 0 N–H and O–H groups in total. The zero-order valence-electron chi connectivity index (χ0n) is 15.9. The molecule has 0 aliphatic carbocycles. The van der Waals surface area contributed by atoms with Gasteiger partial charge in [0, 0.05) is 29.7 Å². The number of rotatable bonds is 6. The molecule has 1 aliphatic rings. The quantitative estimate of drug-likeness (QED) is 0.516. The van der Waals surface area contributed by atoms with Gasteiger partial charge in [0.1, 0.15) is 23.7 Å². The summed E-state index contributed by atoms with van der Waals surface area (Å²) in [4.78, 5) is 2.16. The van der Waals surface area contributed by atoms with Crippen molar-refractivity contribution < 1.29 is 22.6 Å². The summed E-state index contributed by atoms with van der Waals surface area (Å²) in [5.74, 6) is 0.534. The highest BCUT2D eigenvalue weighted by molar-refractivity contribution is 6.30. The molecule has 0 bridgehead atoms. The van der Waals surface area contributed by atoms with Crippen molar-refractivity contribution >= 4 is 23.2 Å². The monoisotopic (exact) mass is 447 g/mol. The minimum Gasteiger partial charge on any atom is -0.492 e. The number of hydrogen-bond acceptors (Lipinski definition) is 3. The predicted octanol–water partition coefficient (Wildman–Crippen LogP) is 6.32. The van der Waals surface area contributed by atoms with Gasteiger partial charge in [-0.05, 0) is 62.2 Å². The molecule has 3 nitrogen and oxygen atoms in total.